The largest absolute Gasteiger partial charge is 0.496 e. The number of Topliss-reactive ketones (excluding diaryl/α,β-unsaturated/α-hetero) is 1. The summed E-state index contributed by atoms with van der Waals surface area (Å²) in [6, 6.07) is 6.58. The number of ether oxygens (including phenoxy) is 1. The standard InChI is InChI=1S/C15H11F3O2S/c1-20-14-5-3-9(16)6-11(14)13(19)8-21-15-7-10(17)2-4-12(15)18/h2-7H,8H2,1H3. The maximum Gasteiger partial charge on any atom is 0.176 e. The van der Waals surface area contributed by atoms with Gasteiger partial charge in [0, 0.05) is 4.90 Å². The molecule has 0 saturated heterocycles. The van der Waals surface area contributed by atoms with Crippen LogP contribution in [0.2, 0.25) is 0 Å². The number of thioether (sulfide) groups is 1. The number of ketones is 1. The fourth-order valence-corrected chi connectivity index (χ4v) is 2.55. The Morgan fingerprint density at radius 1 is 1.10 bits per heavy atom. The van der Waals surface area contributed by atoms with Gasteiger partial charge in [0.05, 0.1) is 18.4 Å². The van der Waals surface area contributed by atoms with Crippen molar-refractivity contribution in [1.29, 1.82) is 0 Å². The molecule has 6 heteroatoms. The Balaban J connectivity index is 2.15. The number of hydrogen-bond donors (Lipinski definition) is 0. The molecule has 0 bridgehead atoms. The summed E-state index contributed by atoms with van der Waals surface area (Å²) in [4.78, 5) is 12.1. The first-order chi connectivity index (χ1) is 10.0. The normalized spacial score (nSPS) is 10.5. The third-order valence-electron chi connectivity index (χ3n) is 2.71. The van der Waals surface area contributed by atoms with E-state index in [2.05, 4.69) is 0 Å². The minimum absolute atomic E-state index is 0.0266. The first-order valence-corrected chi connectivity index (χ1v) is 6.94. The van der Waals surface area contributed by atoms with E-state index in [-0.39, 0.29) is 22.0 Å². The Kier molecular flexibility index (Phi) is 4.90. The van der Waals surface area contributed by atoms with Gasteiger partial charge in [-0.1, -0.05) is 0 Å². The average Bonchev–Trinajstić information content (AvgIpc) is 2.47. The van der Waals surface area contributed by atoms with E-state index in [1.807, 2.05) is 0 Å². The van der Waals surface area contributed by atoms with Crippen LogP contribution in [0.1, 0.15) is 10.4 Å². The van der Waals surface area contributed by atoms with Crippen LogP contribution in [0.5, 0.6) is 5.75 Å². The average molecular weight is 312 g/mol. The number of benzene rings is 2. The molecule has 0 heterocycles. The maximum atomic E-state index is 13.4. The molecule has 2 aromatic carbocycles. The lowest BCUT2D eigenvalue weighted by Crippen LogP contribution is -2.06. The van der Waals surface area contributed by atoms with Gasteiger partial charge < -0.3 is 4.74 Å². The van der Waals surface area contributed by atoms with Gasteiger partial charge in [-0.25, -0.2) is 13.2 Å². The van der Waals surface area contributed by atoms with Crippen LogP contribution in [0.25, 0.3) is 0 Å². The molecule has 0 aromatic heterocycles. The molecule has 0 N–H and O–H groups in total. The number of halogens is 3. The van der Waals surface area contributed by atoms with E-state index in [1.165, 1.54) is 19.2 Å². The van der Waals surface area contributed by atoms with E-state index in [4.69, 9.17) is 4.74 Å². The second kappa shape index (κ2) is 6.67. The van der Waals surface area contributed by atoms with Crippen molar-refractivity contribution in [3.8, 4) is 5.75 Å². The molecule has 0 spiro atoms. The highest BCUT2D eigenvalue weighted by Crippen LogP contribution is 2.26. The highest BCUT2D eigenvalue weighted by Gasteiger charge is 2.15. The first-order valence-electron chi connectivity index (χ1n) is 5.96. The molecule has 0 aliphatic heterocycles. The Morgan fingerprint density at radius 2 is 1.76 bits per heavy atom. The SMILES string of the molecule is COc1ccc(F)cc1C(=O)CSc1cc(F)ccc1F. The molecule has 110 valence electrons. The molecule has 0 atom stereocenters. The van der Waals surface area contributed by atoms with Gasteiger partial charge in [-0.3, -0.25) is 4.79 Å². The number of carbonyl (C=O) groups is 1. The Hall–Kier alpha value is -1.95. The van der Waals surface area contributed by atoms with Crippen LogP contribution in [0, 0.1) is 17.5 Å². The van der Waals surface area contributed by atoms with Crippen LogP contribution >= 0.6 is 11.8 Å². The molecule has 0 amide bonds. The van der Waals surface area contributed by atoms with Crippen LogP contribution < -0.4 is 4.74 Å². The van der Waals surface area contributed by atoms with Crippen molar-refractivity contribution in [2.24, 2.45) is 0 Å². The fourth-order valence-electron chi connectivity index (χ4n) is 1.71. The Bertz CT molecular complexity index is 674. The van der Waals surface area contributed by atoms with Crippen molar-refractivity contribution in [2.75, 3.05) is 12.9 Å². The summed E-state index contributed by atoms with van der Waals surface area (Å²) < 4.78 is 44.7. The lowest BCUT2D eigenvalue weighted by Gasteiger charge is -2.08. The second-order valence-electron chi connectivity index (χ2n) is 4.13. The van der Waals surface area contributed by atoms with Crippen molar-refractivity contribution in [3.63, 3.8) is 0 Å². The minimum Gasteiger partial charge on any atom is -0.496 e. The summed E-state index contributed by atoms with van der Waals surface area (Å²) in [6.07, 6.45) is 0. The maximum absolute atomic E-state index is 13.4. The smallest absolute Gasteiger partial charge is 0.176 e. The molecule has 0 fully saturated rings. The predicted molar refractivity (Wildman–Crippen MR) is 74.4 cm³/mol. The van der Waals surface area contributed by atoms with Gasteiger partial charge in [-0.05, 0) is 36.4 Å². The van der Waals surface area contributed by atoms with Crippen molar-refractivity contribution in [2.45, 2.75) is 4.90 Å². The van der Waals surface area contributed by atoms with Gasteiger partial charge in [0.2, 0.25) is 0 Å². The quantitative estimate of drug-likeness (QED) is 0.614. The van der Waals surface area contributed by atoms with Crippen molar-refractivity contribution in [3.05, 3.63) is 59.4 Å². The van der Waals surface area contributed by atoms with Crippen molar-refractivity contribution >= 4 is 17.5 Å². The number of hydrogen-bond acceptors (Lipinski definition) is 3. The summed E-state index contributed by atoms with van der Waals surface area (Å²) in [5, 5.41) is 0. The summed E-state index contributed by atoms with van der Waals surface area (Å²) in [5.41, 5.74) is 0.0711. The molecule has 21 heavy (non-hydrogen) atoms. The van der Waals surface area contributed by atoms with Gasteiger partial charge in [0.1, 0.15) is 23.2 Å². The van der Waals surface area contributed by atoms with Crippen LogP contribution in [0.15, 0.2) is 41.3 Å². The second-order valence-corrected chi connectivity index (χ2v) is 5.15. The molecule has 0 unspecified atom stereocenters. The lowest BCUT2D eigenvalue weighted by atomic mass is 10.1. The molecular formula is C15H11F3O2S. The first kappa shape index (κ1) is 15.4. The molecule has 0 aliphatic rings. The number of methoxy groups -OCH3 is 1. The summed E-state index contributed by atoms with van der Waals surface area (Å²) in [5.74, 6) is -2.11. The summed E-state index contributed by atoms with van der Waals surface area (Å²) in [7, 11) is 1.36. The van der Waals surface area contributed by atoms with E-state index < -0.39 is 23.2 Å². The number of rotatable bonds is 5. The van der Waals surface area contributed by atoms with E-state index in [1.54, 1.807) is 0 Å². The highest BCUT2D eigenvalue weighted by molar-refractivity contribution is 8.00. The zero-order chi connectivity index (χ0) is 15.4. The Morgan fingerprint density at radius 3 is 2.48 bits per heavy atom. The Labute approximate surface area is 123 Å². The zero-order valence-electron chi connectivity index (χ0n) is 11.0. The zero-order valence-corrected chi connectivity index (χ0v) is 11.8. The monoisotopic (exact) mass is 312 g/mol. The molecule has 0 radical (unpaired) electrons. The number of carbonyl (C=O) groups excluding carboxylic acids is 1. The summed E-state index contributed by atoms with van der Waals surface area (Å²) >= 11 is 0.847. The predicted octanol–water partition coefficient (Wildman–Crippen LogP) is 4.09. The van der Waals surface area contributed by atoms with E-state index in [9.17, 15) is 18.0 Å². The third-order valence-corrected chi connectivity index (χ3v) is 3.74. The van der Waals surface area contributed by atoms with Gasteiger partial charge >= 0.3 is 0 Å². The third kappa shape index (κ3) is 3.78. The van der Waals surface area contributed by atoms with Crippen LogP contribution in [0.4, 0.5) is 13.2 Å². The van der Waals surface area contributed by atoms with Gasteiger partial charge in [-0.2, -0.15) is 0 Å². The van der Waals surface area contributed by atoms with Crippen LogP contribution in [-0.4, -0.2) is 18.6 Å². The fraction of sp³-hybridized carbons (Fsp3) is 0.133. The lowest BCUT2D eigenvalue weighted by molar-refractivity contribution is 0.101. The van der Waals surface area contributed by atoms with Crippen molar-refractivity contribution in [1.82, 2.24) is 0 Å². The molecule has 2 rings (SSSR count). The van der Waals surface area contributed by atoms with Crippen LogP contribution in [0.3, 0.4) is 0 Å². The minimum atomic E-state index is -0.611. The van der Waals surface area contributed by atoms with Gasteiger partial charge in [0.25, 0.3) is 0 Å². The molecule has 0 aliphatic carbocycles. The molecule has 2 aromatic rings. The summed E-state index contributed by atoms with van der Waals surface area (Å²) in [6.45, 7) is 0. The molecule has 0 saturated carbocycles. The van der Waals surface area contributed by atoms with Crippen molar-refractivity contribution < 1.29 is 22.7 Å². The molecule has 2 nitrogen and oxygen atoms in total. The van der Waals surface area contributed by atoms with Crippen LogP contribution in [-0.2, 0) is 0 Å². The topological polar surface area (TPSA) is 26.3 Å². The highest BCUT2D eigenvalue weighted by atomic mass is 32.2. The molecular weight excluding hydrogens is 301 g/mol. The van der Waals surface area contributed by atoms with Gasteiger partial charge in [0.15, 0.2) is 5.78 Å². The van der Waals surface area contributed by atoms with E-state index in [0.717, 1.165) is 36.0 Å². The van der Waals surface area contributed by atoms with Gasteiger partial charge in [-0.15, -0.1) is 11.8 Å². The van der Waals surface area contributed by atoms with E-state index >= 15 is 0 Å². The van der Waals surface area contributed by atoms with E-state index in [0.29, 0.717) is 0 Å².